The van der Waals surface area contributed by atoms with Gasteiger partial charge >= 0.3 is 109 Å². The number of aromatic nitrogens is 2. The Balaban J connectivity index is 2.03. The van der Waals surface area contributed by atoms with Crippen molar-refractivity contribution in [3.8, 4) is 0 Å². The van der Waals surface area contributed by atoms with Gasteiger partial charge in [0, 0.05) is 0 Å². The van der Waals surface area contributed by atoms with Crippen LogP contribution in [0, 0.1) is 0 Å². The standard InChI is InChI=1S/C10H11N5O2Se/c11-4-8(16)12-5-9(17)13-6-2-1-3-7-10(6)15-18-14-7/h1-3H,4-5,11H2,(H,12,16)(H,13,17). The summed E-state index contributed by atoms with van der Waals surface area (Å²) in [5, 5.41) is 5.08. The van der Waals surface area contributed by atoms with Crippen molar-refractivity contribution in [2.75, 3.05) is 18.4 Å². The van der Waals surface area contributed by atoms with Gasteiger partial charge in [-0.05, 0) is 0 Å². The van der Waals surface area contributed by atoms with Crippen LogP contribution in [0.4, 0.5) is 5.69 Å². The average Bonchev–Trinajstić information content (AvgIpc) is 2.85. The van der Waals surface area contributed by atoms with E-state index >= 15 is 0 Å². The Morgan fingerprint density at radius 3 is 2.89 bits per heavy atom. The molecule has 7 nitrogen and oxygen atoms in total. The van der Waals surface area contributed by atoms with Gasteiger partial charge in [-0.15, -0.1) is 0 Å². The molecule has 0 spiro atoms. The van der Waals surface area contributed by atoms with Crippen LogP contribution in [0.2, 0.25) is 0 Å². The number of hydrogen-bond donors (Lipinski definition) is 3. The molecule has 0 saturated carbocycles. The van der Waals surface area contributed by atoms with E-state index in [1.54, 1.807) is 12.1 Å². The fourth-order valence-electron chi connectivity index (χ4n) is 1.35. The summed E-state index contributed by atoms with van der Waals surface area (Å²) < 4.78 is 8.45. The van der Waals surface area contributed by atoms with Crippen molar-refractivity contribution >= 4 is 43.5 Å². The van der Waals surface area contributed by atoms with Gasteiger partial charge in [0.05, 0.1) is 0 Å². The first kappa shape index (κ1) is 12.7. The number of fused-ring (bicyclic) bond motifs is 1. The molecule has 2 amide bonds. The molecule has 0 unspecified atom stereocenters. The Morgan fingerprint density at radius 2 is 2.11 bits per heavy atom. The third-order valence-electron chi connectivity index (χ3n) is 2.19. The first-order valence-electron chi connectivity index (χ1n) is 5.18. The monoisotopic (exact) mass is 313 g/mol. The van der Waals surface area contributed by atoms with Gasteiger partial charge in [-0.1, -0.05) is 0 Å². The third-order valence-corrected chi connectivity index (χ3v) is 3.33. The van der Waals surface area contributed by atoms with Crippen LogP contribution in [0.15, 0.2) is 18.2 Å². The fourth-order valence-corrected chi connectivity index (χ4v) is 2.51. The van der Waals surface area contributed by atoms with Crippen molar-refractivity contribution in [3.05, 3.63) is 18.2 Å². The summed E-state index contributed by atoms with van der Waals surface area (Å²) >= 11 is -0.142. The Morgan fingerprint density at radius 1 is 1.28 bits per heavy atom. The maximum absolute atomic E-state index is 11.6. The number of anilines is 1. The van der Waals surface area contributed by atoms with Gasteiger partial charge in [-0.25, -0.2) is 0 Å². The summed E-state index contributed by atoms with van der Waals surface area (Å²) in [7, 11) is 0. The van der Waals surface area contributed by atoms with Crippen LogP contribution >= 0.6 is 0 Å². The molecule has 8 heteroatoms. The van der Waals surface area contributed by atoms with Gasteiger partial charge in [0.2, 0.25) is 0 Å². The molecule has 0 saturated heterocycles. The summed E-state index contributed by atoms with van der Waals surface area (Å²) in [5.41, 5.74) is 7.22. The molecular formula is C10H11N5O2Se. The van der Waals surface area contributed by atoms with Crippen LogP contribution in [-0.4, -0.2) is 47.8 Å². The number of nitrogens with two attached hydrogens (primary N) is 1. The number of carbonyl (C=O) groups is 2. The molecule has 94 valence electrons. The number of carbonyl (C=O) groups excluding carboxylic acids is 2. The van der Waals surface area contributed by atoms with Crippen molar-refractivity contribution in [1.29, 1.82) is 0 Å². The van der Waals surface area contributed by atoms with Crippen molar-refractivity contribution < 1.29 is 9.59 Å². The second-order valence-electron chi connectivity index (χ2n) is 3.47. The van der Waals surface area contributed by atoms with Crippen molar-refractivity contribution in [2.45, 2.75) is 0 Å². The second-order valence-corrected chi connectivity index (χ2v) is 4.58. The predicted octanol–water partition coefficient (Wildman–Crippen LogP) is -1.30. The van der Waals surface area contributed by atoms with E-state index in [9.17, 15) is 9.59 Å². The van der Waals surface area contributed by atoms with Gasteiger partial charge in [0.25, 0.3) is 0 Å². The SMILES string of the molecule is NCC(=O)NCC(=O)Nc1cccc2n[se]nc12. The van der Waals surface area contributed by atoms with E-state index in [1.165, 1.54) is 0 Å². The molecule has 0 aliphatic heterocycles. The summed E-state index contributed by atoms with van der Waals surface area (Å²) in [6, 6.07) is 5.40. The minimum absolute atomic E-state index is 0.109. The molecule has 2 rings (SSSR count). The number of hydrogen-bond acceptors (Lipinski definition) is 5. The van der Waals surface area contributed by atoms with Crippen molar-refractivity contribution in [1.82, 2.24) is 13.3 Å². The average molecular weight is 312 g/mol. The van der Waals surface area contributed by atoms with E-state index in [4.69, 9.17) is 5.73 Å². The number of rotatable bonds is 4. The van der Waals surface area contributed by atoms with Gasteiger partial charge in [0.1, 0.15) is 0 Å². The number of amides is 2. The van der Waals surface area contributed by atoms with E-state index in [0.717, 1.165) is 5.52 Å². The number of nitrogens with one attached hydrogen (secondary N) is 2. The minimum atomic E-state index is -0.369. The molecule has 0 aliphatic rings. The molecule has 2 aromatic rings. The van der Waals surface area contributed by atoms with Gasteiger partial charge in [0.15, 0.2) is 0 Å². The van der Waals surface area contributed by atoms with E-state index < -0.39 is 0 Å². The van der Waals surface area contributed by atoms with E-state index in [2.05, 4.69) is 18.6 Å². The summed E-state index contributed by atoms with van der Waals surface area (Å²) in [4.78, 5) is 22.5. The van der Waals surface area contributed by atoms with Gasteiger partial charge < -0.3 is 0 Å². The summed E-state index contributed by atoms with van der Waals surface area (Å²) in [6.07, 6.45) is 0. The van der Waals surface area contributed by atoms with Crippen LogP contribution < -0.4 is 16.4 Å². The molecule has 1 heterocycles. The zero-order chi connectivity index (χ0) is 13.0. The van der Waals surface area contributed by atoms with Crippen LogP contribution in [0.1, 0.15) is 0 Å². The molecule has 18 heavy (non-hydrogen) atoms. The molecule has 1 aromatic heterocycles. The van der Waals surface area contributed by atoms with E-state index in [0.29, 0.717) is 11.2 Å². The van der Waals surface area contributed by atoms with E-state index in [-0.39, 0.29) is 39.9 Å². The topological polar surface area (TPSA) is 110 Å². The normalized spacial score (nSPS) is 10.3. The van der Waals surface area contributed by atoms with Crippen molar-refractivity contribution in [2.24, 2.45) is 5.73 Å². The predicted molar refractivity (Wildman–Crippen MR) is 67.2 cm³/mol. The Kier molecular flexibility index (Phi) is 4.03. The number of benzene rings is 1. The van der Waals surface area contributed by atoms with Gasteiger partial charge in [-0.2, -0.15) is 0 Å². The fraction of sp³-hybridized carbons (Fsp3) is 0.200. The van der Waals surface area contributed by atoms with Crippen LogP contribution in [0.3, 0.4) is 0 Å². The summed E-state index contributed by atoms with van der Waals surface area (Å²) in [6.45, 7) is -0.243. The first-order chi connectivity index (χ1) is 8.70. The zero-order valence-corrected chi connectivity index (χ0v) is 11.1. The Bertz CT molecular complexity index is 582. The number of nitrogens with zero attached hydrogens (tertiary/aromatic N) is 2. The quantitative estimate of drug-likeness (QED) is 0.608. The molecule has 0 atom stereocenters. The Hall–Kier alpha value is -1.76. The van der Waals surface area contributed by atoms with Crippen molar-refractivity contribution in [3.63, 3.8) is 0 Å². The molecule has 0 bridgehead atoms. The second kappa shape index (κ2) is 5.72. The van der Waals surface area contributed by atoms with E-state index in [1.807, 2.05) is 6.07 Å². The Labute approximate surface area is 109 Å². The van der Waals surface area contributed by atoms with Crippen LogP contribution in [-0.2, 0) is 9.59 Å². The zero-order valence-electron chi connectivity index (χ0n) is 9.34. The maximum atomic E-state index is 11.6. The molecule has 1 aromatic carbocycles. The molecule has 0 radical (unpaired) electrons. The summed E-state index contributed by atoms with van der Waals surface area (Å²) in [5.74, 6) is -0.689. The third kappa shape index (κ3) is 2.92. The first-order valence-corrected chi connectivity index (χ1v) is 6.72. The molecule has 0 fully saturated rings. The van der Waals surface area contributed by atoms with Gasteiger partial charge in [-0.3, -0.25) is 0 Å². The molecule has 0 aliphatic carbocycles. The van der Waals surface area contributed by atoms with Crippen LogP contribution in [0.5, 0.6) is 0 Å². The van der Waals surface area contributed by atoms with Crippen LogP contribution in [0.25, 0.3) is 11.0 Å². The molecular weight excluding hydrogens is 301 g/mol. The molecule has 4 N–H and O–H groups in total.